The summed E-state index contributed by atoms with van der Waals surface area (Å²) in [6.07, 6.45) is 0.508. The number of carbonyl (C=O) groups excluding carboxylic acids is 2. The first-order valence-electron chi connectivity index (χ1n) is 11.1. The number of hydrogen-bond donors (Lipinski definition) is 3. The van der Waals surface area contributed by atoms with Crippen LogP contribution in [0.1, 0.15) is 37.5 Å². The van der Waals surface area contributed by atoms with E-state index in [1.807, 2.05) is 93.6 Å². The predicted octanol–water partition coefficient (Wildman–Crippen LogP) is 5.61. The molecule has 1 unspecified atom stereocenters. The number of urea groups is 1. The lowest BCUT2D eigenvalue weighted by Gasteiger charge is -2.20. The molecule has 0 spiro atoms. The fourth-order valence-electron chi connectivity index (χ4n) is 3.74. The van der Waals surface area contributed by atoms with Crippen LogP contribution in [-0.4, -0.2) is 29.2 Å². The molecule has 34 heavy (non-hydrogen) atoms. The topological polar surface area (TPSA) is 82.6 Å². The van der Waals surface area contributed by atoms with Crippen LogP contribution in [0, 0.1) is 3.57 Å². The van der Waals surface area contributed by atoms with Gasteiger partial charge in [0.05, 0.1) is 11.4 Å². The Bertz CT molecular complexity index is 1230. The van der Waals surface area contributed by atoms with Crippen LogP contribution in [0.2, 0.25) is 0 Å². The Morgan fingerprint density at radius 1 is 1.03 bits per heavy atom. The van der Waals surface area contributed by atoms with Gasteiger partial charge in [-0.3, -0.25) is 9.79 Å². The van der Waals surface area contributed by atoms with Gasteiger partial charge < -0.3 is 16.0 Å². The maximum atomic E-state index is 13.1. The Morgan fingerprint density at radius 3 is 2.41 bits per heavy atom. The van der Waals surface area contributed by atoms with Crippen molar-refractivity contribution in [3.05, 3.63) is 93.1 Å². The normalized spacial score (nSPS) is 15.5. The average molecular weight is 566 g/mol. The van der Waals surface area contributed by atoms with Gasteiger partial charge in [-0.2, -0.15) is 0 Å². The highest BCUT2D eigenvalue weighted by Gasteiger charge is 2.26. The molecule has 0 radical (unpaired) electrons. The maximum absolute atomic E-state index is 13.1. The van der Waals surface area contributed by atoms with Crippen molar-refractivity contribution in [2.24, 2.45) is 4.99 Å². The van der Waals surface area contributed by atoms with Crippen LogP contribution in [0.3, 0.4) is 0 Å². The van der Waals surface area contributed by atoms with Crippen molar-refractivity contribution in [1.29, 1.82) is 0 Å². The number of hydrogen-bond acceptors (Lipinski definition) is 3. The van der Waals surface area contributed by atoms with E-state index in [1.54, 1.807) is 0 Å². The summed E-state index contributed by atoms with van der Waals surface area (Å²) < 4.78 is 1.05. The minimum absolute atomic E-state index is 0.126. The second kappa shape index (κ2) is 9.97. The van der Waals surface area contributed by atoms with Crippen LogP contribution in [-0.2, 0) is 11.2 Å². The van der Waals surface area contributed by atoms with E-state index in [1.165, 1.54) is 0 Å². The molecule has 0 saturated carbocycles. The highest BCUT2D eigenvalue weighted by atomic mass is 127. The molecule has 3 aromatic rings. The van der Waals surface area contributed by atoms with Gasteiger partial charge in [0.1, 0.15) is 6.04 Å². The Labute approximate surface area is 213 Å². The van der Waals surface area contributed by atoms with Crippen molar-refractivity contribution in [3.63, 3.8) is 0 Å². The Morgan fingerprint density at radius 2 is 1.74 bits per heavy atom. The Kier molecular flexibility index (Phi) is 7.02. The number of anilines is 2. The van der Waals surface area contributed by atoms with Crippen molar-refractivity contribution >= 4 is 51.6 Å². The SMILES string of the molecule is CC(C)(C)NC(=O)Nc1ccc(C2=NC(Cc3ccccc3)C(=O)Nc3ccc(I)cc32)cc1. The van der Waals surface area contributed by atoms with Crippen LogP contribution in [0.15, 0.2) is 77.8 Å². The van der Waals surface area contributed by atoms with Crippen molar-refractivity contribution in [2.75, 3.05) is 10.6 Å². The van der Waals surface area contributed by atoms with Gasteiger partial charge in [-0.25, -0.2) is 4.79 Å². The lowest BCUT2D eigenvalue weighted by atomic mass is 10.00. The van der Waals surface area contributed by atoms with Gasteiger partial charge in [0, 0.05) is 32.3 Å². The summed E-state index contributed by atoms with van der Waals surface area (Å²) in [5, 5.41) is 8.80. The van der Waals surface area contributed by atoms with E-state index in [0.29, 0.717) is 12.1 Å². The van der Waals surface area contributed by atoms with Gasteiger partial charge in [-0.1, -0.05) is 42.5 Å². The van der Waals surface area contributed by atoms with E-state index in [4.69, 9.17) is 4.99 Å². The highest BCUT2D eigenvalue weighted by molar-refractivity contribution is 14.1. The van der Waals surface area contributed by atoms with Crippen LogP contribution >= 0.6 is 22.6 Å². The Hall–Kier alpha value is -3.20. The summed E-state index contributed by atoms with van der Waals surface area (Å²) in [6, 6.07) is 22.5. The van der Waals surface area contributed by atoms with E-state index < -0.39 is 6.04 Å². The first-order valence-corrected chi connectivity index (χ1v) is 12.2. The van der Waals surface area contributed by atoms with Gasteiger partial charge in [0.15, 0.2) is 0 Å². The molecule has 3 N–H and O–H groups in total. The first kappa shape index (κ1) is 23.9. The number of amides is 3. The summed E-state index contributed by atoms with van der Waals surface area (Å²) in [6.45, 7) is 5.79. The van der Waals surface area contributed by atoms with E-state index in [-0.39, 0.29) is 17.5 Å². The fourth-order valence-corrected chi connectivity index (χ4v) is 4.23. The van der Waals surface area contributed by atoms with Crippen LogP contribution < -0.4 is 16.0 Å². The molecule has 7 heteroatoms. The third-order valence-corrected chi connectivity index (χ3v) is 5.93. The van der Waals surface area contributed by atoms with Crippen LogP contribution in [0.25, 0.3) is 0 Å². The molecule has 4 rings (SSSR count). The minimum atomic E-state index is -0.558. The molecule has 174 valence electrons. The summed E-state index contributed by atoms with van der Waals surface area (Å²) in [5.41, 5.74) is 4.65. The third kappa shape index (κ3) is 6.02. The van der Waals surface area contributed by atoms with Gasteiger partial charge in [-0.05, 0) is 79.3 Å². The third-order valence-electron chi connectivity index (χ3n) is 5.26. The number of nitrogens with zero attached hydrogens (tertiary/aromatic N) is 1. The second-order valence-electron chi connectivity index (χ2n) is 9.27. The molecular weight excluding hydrogens is 539 g/mol. The smallest absolute Gasteiger partial charge is 0.319 e. The molecule has 0 aromatic heterocycles. The lowest BCUT2D eigenvalue weighted by Crippen LogP contribution is -2.43. The average Bonchev–Trinajstić information content (AvgIpc) is 2.90. The van der Waals surface area contributed by atoms with Gasteiger partial charge >= 0.3 is 6.03 Å². The molecule has 1 aliphatic heterocycles. The zero-order valence-electron chi connectivity index (χ0n) is 19.4. The first-order chi connectivity index (χ1) is 16.2. The number of halogens is 1. The highest BCUT2D eigenvalue weighted by Crippen LogP contribution is 2.27. The molecule has 0 saturated heterocycles. The quantitative estimate of drug-likeness (QED) is 0.359. The Balaban J connectivity index is 1.68. The summed E-state index contributed by atoms with van der Waals surface area (Å²) in [7, 11) is 0. The number of carbonyl (C=O) groups is 2. The van der Waals surface area contributed by atoms with Crippen molar-refractivity contribution in [3.8, 4) is 0 Å². The predicted molar refractivity (Wildman–Crippen MR) is 146 cm³/mol. The molecule has 6 nitrogen and oxygen atoms in total. The molecule has 0 bridgehead atoms. The number of aliphatic imine (C=N–C) groups is 1. The molecule has 3 aromatic carbocycles. The summed E-state index contributed by atoms with van der Waals surface area (Å²) in [4.78, 5) is 30.2. The van der Waals surface area contributed by atoms with Crippen LogP contribution in [0.4, 0.5) is 16.2 Å². The van der Waals surface area contributed by atoms with E-state index >= 15 is 0 Å². The van der Waals surface area contributed by atoms with E-state index in [0.717, 1.165) is 31.7 Å². The molecule has 0 fully saturated rings. The van der Waals surface area contributed by atoms with Gasteiger partial charge in [0.25, 0.3) is 0 Å². The zero-order valence-corrected chi connectivity index (χ0v) is 21.5. The van der Waals surface area contributed by atoms with Crippen LogP contribution in [0.5, 0.6) is 0 Å². The standard InChI is InChI=1S/C27H27IN4O2/c1-27(2,3)32-26(34)29-20-12-9-18(10-13-20)24-21-16-19(28)11-14-22(21)31-25(33)23(30-24)15-17-7-5-4-6-8-17/h4-14,16,23H,15H2,1-3H3,(H,31,33)(H2,29,32,34). The fraction of sp³-hybridized carbons (Fsp3) is 0.222. The van der Waals surface area contributed by atoms with E-state index in [2.05, 4.69) is 38.5 Å². The lowest BCUT2D eigenvalue weighted by molar-refractivity contribution is -0.117. The second-order valence-corrected chi connectivity index (χ2v) is 10.5. The number of benzene rings is 3. The molecular formula is C27H27IN4O2. The van der Waals surface area contributed by atoms with Crippen molar-refractivity contribution in [1.82, 2.24) is 5.32 Å². The summed E-state index contributed by atoms with van der Waals surface area (Å²) in [5.74, 6) is -0.126. The number of nitrogens with one attached hydrogen (secondary N) is 3. The van der Waals surface area contributed by atoms with E-state index in [9.17, 15) is 9.59 Å². The maximum Gasteiger partial charge on any atom is 0.319 e. The molecule has 1 heterocycles. The number of fused-ring (bicyclic) bond motifs is 1. The van der Waals surface area contributed by atoms with Crippen molar-refractivity contribution < 1.29 is 9.59 Å². The molecule has 0 aliphatic carbocycles. The number of benzodiazepines with no additional fused rings is 1. The monoisotopic (exact) mass is 566 g/mol. The molecule has 3 amide bonds. The largest absolute Gasteiger partial charge is 0.333 e. The van der Waals surface area contributed by atoms with Crippen molar-refractivity contribution in [2.45, 2.75) is 38.8 Å². The number of rotatable bonds is 4. The molecule has 1 aliphatic rings. The molecule has 1 atom stereocenters. The summed E-state index contributed by atoms with van der Waals surface area (Å²) >= 11 is 2.26. The minimum Gasteiger partial charge on any atom is -0.333 e. The van der Waals surface area contributed by atoms with Gasteiger partial charge in [-0.15, -0.1) is 0 Å². The van der Waals surface area contributed by atoms with Gasteiger partial charge in [0.2, 0.25) is 5.91 Å². The zero-order chi connectivity index (χ0) is 24.3.